The summed E-state index contributed by atoms with van der Waals surface area (Å²) in [7, 11) is 0. The zero-order chi connectivity index (χ0) is 27.7. The summed E-state index contributed by atoms with van der Waals surface area (Å²) >= 11 is 0. The fourth-order valence-corrected chi connectivity index (χ4v) is 5.28. The molecule has 9 heteroatoms. The number of rotatable bonds is 17. The standard InChI is InChI=1S/C30H42F3N3O3/c1-3-5-9-15-37-16-10-7-8-11-22-14-13-21-17-24(36-28(31)27(21)30(22,32)33)29-34-18-23(19-35-29)38-20-26-25(39-26)12-6-4-2/h17-19,22,25-26H,3-16,20H2,1-2H3. The molecule has 0 saturated carbocycles. The van der Waals surface area contributed by atoms with Gasteiger partial charge in [-0.2, -0.15) is 4.39 Å². The van der Waals surface area contributed by atoms with Crippen LogP contribution >= 0.6 is 0 Å². The van der Waals surface area contributed by atoms with Gasteiger partial charge in [-0.15, -0.1) is 0 Å². The molecule has 1 fully saturated rings. The van der Waals surface area contributed by atoms with Crippen LogP contribution in [0.15, 0.2) is 18.5 Å². The SMILES string of the molecule is CCCCCOCCCCCC1CCc2cc(-c3ncc(OCC4OC4CCCC)cn3)nc(F)c2C1(F)F. The summed E-state index contributed by atoms with van der Waals surface area (Å²) < 4.78 is 62.6. The quantitative estimate of drug-likeness (QED) is 0.116. The first-order chi connectivity index (χ1) is 18.9. The molecule has 3 unspecified atom stereocenters. The highest BCUT2D eigenvalue weighted by Gasteiger charge is 2.48. The van der Waals surface area contributed by atoms with Crippen LogP contribution in [0.5, 0.6) is 5.75 Å². The predicted molar refractivity (Wildman–Crippen MR) is 143 cm³/mol. The third-order valence-corrected chi connectivity index (χ3v) is 7.70. The largest absolute Gasteiger partial charge is 0.488 e. The van der Waals surface area contributed by atoms with Gasteiger partial charge in [-0.1, -0.05) is 52.4 Å². The molecule has 0 N–H and O–H groups in total. The van der Waals surface area contributed by atoms with E-state index in [1.54, 1.807) is 0 Å². The highest BCUT2D eigenvalue weighted by atomic mass is 19.3. The van der Waals surface area contributed by atoms with Gasteiger partial charge in [-0.05, 0) is 50.2 Å². The lowest BCUT2D eigenvalue weighted by atomic mass is 9.78. The van der Waals surface area contributed by atoms with Gasteiger partial charge in [0.15, 0.2) is 11.6 Å². The fourth-order valence-electron chi connectivity index (χ4n) is 5.28. The van der Waals surface area contributed by atoms with Crippen LogP contribution in [0, 0.1) is 11.9 Å². The van der Waals surface area contributed by atoms with Gasteiger partial charge >= 0.3 is 0 Å². The Morgan fingerprint density at radius 2 is 1.69 bits per heavy atom. The van der Waals surface area contributed by atoms with Gasteiger partial charge in [0, 0.05) is 19.1 Å². The number of hydrogen-bond donors (Lipinski definition) is 0. The van der Waals surface area contributed by atoms with Gasteiger partial charge in [-0.25, -0.2) is 23.7 Å². The summed E-state index contributed by atoms with van der Waals surface area (Å²) in [5.74, 6) is -4.62. The third kappa shape index (κ3) is 8.13. The lowest BCUT2D eigenvalue weighted by molar-refractivity contribution is -0.0825. The summed E-state index contributed by atoms with van der Waals surface area (Å²) in [5.41, 5.74) is -0.132. The smallest absolute Gasteiger partial charge is 0.280 e. The maximum atomic E-state index is 15.3. The van der Waals surface area contributed by atoms with Crippen molar-refractivity contribution in [3.63, 3.8) is 0 Å². The van der Waals surface area contributed by atoms with E-state index in [0.717, 1.165) is 58.0 Å². The summed E-state index contributed by atoms with van der Waals surface area (Å²) in [6.07, 6.45) is 13.4. The number of nitrogens with zero attached hydrogens (tertiary/aromatic N) is 3. The predicted octanol–water partition coefficient (Wildman–Crippen LogP) is 7.44. The molecule has 0 aromatic carbocycles. The van der Waals surface area contributed by atoms with E-state index in [0.29, 0.717) is 44.6 Å². The van der Waals surface area contributed by atoms with Crippen LogP contribution in [0.3, 0.4) is 0 Å². The van der Waals surface area contributed by atoms with E-state index in [1.165, 1.54) is 18.5 Å². The molecule has 0 radical (unpaired) electrons. The first-order valence-corrected chi connectivity index (χ1v) is 14.7. The maximum Gasteiger partial charge on any atom is 0.280 e. The van der Waals surface area contributed by atoms with E-state index >= 15 is 13.2 Å². The van der Waals surface area contributed by atoms with Crippen molar-refractivity contribution in [2.24, 2.45) is 5.92 Å². The molecule has 4 rings (SSSR count). The van der Waals surface area contributed by atoms with E-state index in [4.69, 9.17) is 14.2 Å². The number of aromatic nitrogens is 3. The number of hydrogen-bond acceptors (Lipinski definition) is 6. The Kier molecular flexibility index (Phi) is 11.0. The molecule has 6 nitrogen and oxygen atoms in total. The molecule has 3 heterocycles. The fraction of sp³-hybridized carbons (Fsp3) is 0.700. The highest BCUT2D eigenvalue weighted by Crippen LogP contribution is 2.47. The Morgan fingerprint density at radius 3 is 2.44 bits per heavy atom. The van der Waals surface area contributed by atoms with Crippen molar-refractivity contribution in [3.05, 3.63) is 35.5 Å². The van der Waals surface area contributed by atoms with E-state index < -0.39 is 23.4 Å². The van der Waals surface area contributed by atoms with Gasteiger partial charge < -0.3 is 14.2 Å². The second-order valence-electron chi connectivity index (χ2n) is 10.8. The average molecular weight is 550 g/mol. The lowest BCUT2D eigenvalue weighted by Gasteiger charge is -2.33. The Balaban J connectivity index is 1.28. The van der Waals surface area contributed by atoms with E-state index in [1.807, 2.05) is 0 Å². The molecule has 2 aromatic rings. The molecule has 39 heavy (non-hydrogen) atoms. The normalized spacial score (nSPS) is 21.5. The topological polar surface area (TPSA) is 69.7 Å². The average Bonchev–Trinajstić information content (AvgIpc) is 3.69. The zero-order valence-corrected chi connectivity index (χ0v) is 23.3. The first-order valence-electron chi connectivity index (χ1n) is 14.7. The summed E-state index contributed by atoms with van der Waals surface area (Å²) in [5, 5.41) is 0. The molecular formula is C30H42F3N3O3. The second-order valence-corrected chi connectivity index (χ2v) is 10.8. The molecule has 0 spiro atoms. The number of alkyl halides is 2. The number of fused-ring (bicyclic) bond motifs is 1. The van der Waals surface area contributed by atoms with Gasteiger partial charge in [0.25, 0.3) is 5.92 Å². The highest BCUT2D eigenvalue weighted by molar-refractivity contribution is 5.53. The minimum atomic E-state index is -3.25. The van der Waals surface area contributed by atoms with Crippen LogP contribution in [0.4, 0.5) is 13.2 Å². The molecule has 3 atom stereocenters. The van der Waals surface area contributed by atoms with Crippen molar-refractivity contribution in [2.45, 2.75) is 109 Å². The van der Waals surface area contributed by atoms with Gasteiger partial charge in [0.2, 0.25) is 5.95 Å². The van der Waals surface area contributed by atoms with Crippen molar-refractivity contribution in [3.8, 4) is 17.3 Å². The van der Waals surface area contributed by atoms with Gasteiger partial charge in [0.05, 0.1) is 24.1 Å². The summed E-state index contributed by atoms with van der Waals surface area (Å²) in [6.45, 7) is 6.15. The third-order valence-electron chi connectivity index (χ3n) is 7.70. The Morgan fingerprint density at radius 1 is 0.949 bits per heavy atom. The number of halogens is 3. The summed E-state index contributed by atoms with van der Waals surface area (Å²) in [4.78, 5) is 12.3. The maximum absolute atomic E-state index is 15.3. The molecule has 2 aromatic heterocycles. The Bertz CT molecular complexity index is 1040. The van der Waals surface area contributed by atoms with Crippen LogP contribution in [0.2, 0.25) is 0 Å². The molecule has 0 bridgehead atoms. The van der Waals surface area contributed by atoms with Crippen LogP contribution < -0.4 is 4.74 Å². The molecule has 2 aliphatic rings. The van der Waals surface area contributed by atoms with Crippen molar-refractivity contribution in [1.29, 1.82) is 0 Å². The lowest BCUT2D eigenvalue weighted by Crippen LogP contribution is -2.33. The van der Waals surface area contributed by atoms with Crippen molar-refractivity contribution >= 4 is 0 Å². The number of epoxide rings is 1. The molecule has 1 aliphatic carbocycles. The first kappa shape index (κ1) is 29.7. The van der Waals surface area contributed by atoms with Crippen molar-refractivity contribution in [1.82, 2.24) is 15.0 Å². The molecule has 0 amide bonds. The van der Waals surface area contributed by atoms with Crippen molar-refractivity contribution in [2.75, 3.05) is 19.8 Å². The van der Waals surface area contributed by atoms with E-state index in [2.05, 4.69) is 28.8 Å². The molecule has 1 saturated heterocycles. The molecular weight excluding hydrogens is 507 g/mol. The second kappa shape index (κ2) is 14.4. The minimum Gasteiger partial charge on any atom is -0.488 e. The Hall–Kier alpha value is -2.26. The number of ether oxygens (including phenoxy) is 3. The number of aryl methyl sites for hydroxylation is 1. The summed E-state index contributed by atoms with van der Waals surface area (Å²) in [6, 6.07) is 1.50. The minimum absolute atomic E-state index is 0.0902. The van der Waals surface area contributed by atoms with Crippen LogP contribution in [-0.2, 0) is 21.8 Å². The number of unbranched alkanes of at least 4 members (excludes halogenated alkanes) is 5. The molecule has 216 valence electrons. The number of pyridine rings is 1. The van der Waals surface area contributed by atoms with Gasteiger partial charge in [0.1, 0.15) is 18.4 Å². The van der Waals surface area contributed by atoms with Crippen LogP contribution in [-0.4, -0.2) is 47.0 Å². The van der Waals surface area contributed by atoms with Crippen molar-refractivity contribution < 1.29 is 27.4 Å². The van der Waals surface area contributed by atoms with E-state index in [9.17, 15) is 0 Å². The Labute approximate surface area is 230 Å². The molecule has 1 aliphatic heterocycles. The van der Waals surface area contributed by atoms with E-state index in [-0.39, 0.29) is 29.3 Å². The monoisotopic (exact) mass is 549 g/mol. The van der Waals surface area contributed by atoms with Crippen LogP contribution in [0.1, 0.15) is 95.6 Å². The van der Waals surface area contributed by atoms with Crippen LogP contribution in [0.25, 0.3) is 11.5 Å². The van der Waals surface area contributed by atoms with Gasteiger partial charge in [-0.3, -0.25) is 0 Å². The zero-order valence-electron chi connectivity index (χ0n) is 23.3.